The van der Waals surface area contributed by atoms with Crippen molar-refractivity contribution in [3.05, 3.63) is 20.3 Å². The average molecular weight is 381 g/mol. The number of thiophene rings is 1. The zero-order chi connectivity index (χ0) is 14.9. The summed E-state index contributed by atoms with van der Waals surface area (Å²) in [5.41, 5.74) is 1.04. The Morgan fingerprint density at radius 3 is 2.80 bits per heavy atom. The van der Waals surface area contributed by atoms with Crippen molar-refractivity contribution in [3.63, 3.8) is 0 Å². The molecule has 0 aliphatic carbocycles. The van der Waals surface area contributed by atoms with Crippen LogP contribution in [0, 0.1) is 6.92 Å². The fourth-order valence-electron chi connectivity index (χ4n) is 2.28. The fraction of sp³-hybridized carbons (Fsp3) is 0.583. The molecule has 0 radical (unpaired) electrons. The lowest BCUT2D eigenvalue weighted by molar-refractivity contribution is 0.0708. The molecular formula is C12H17BrN2O3S2. The number of hydrogen-bond acceptors (Lipinski definition) is 4. The maximum Gasteiger partial charge on any atom is 0.264 e. The van der Waals surface area contributed by atoms with E-state index in [0.717, 1.165) is 28.4 Å². The Balaban J connectivity index is 2.07. The maximum atomic E-state index is 12.4. The monoisotopic (exact) mass is 380 g/mol. The second kappa shape index (κ2) is 6.13. The third-order valence-corrected chi connectivity index (χ3v) is 6.04. The number of rotatable bonds is 3. The average Bonchev–Trinajstić information content (AvgIpc) is 2.67. The summed E-state index contributed by atoms with van der Waals surface area (Å²) >= 11 is 4.83. The zero-order valence-corrected chi connectivity index (χ0v) is 14.6. The van der Waals surface area contributed by atoms with Gasteiger partial charge in [-0.1, -0.05) is 0 Å². The maximum absolute atomic E-state index is 12.4. The van der Waals surface area contributed by atoms with Crippen molar-refractivity contribution in [1.29, 1.82) is 0 Å². The molecule has 1 aliphatic rings. The molecule has 2 heterocycles. The van der Waals surface area contributed by atoms with Crippen molar-refractivity contribution in [2.24, 2.45) is 0 Å². The quantitative estimate of drug-likeness (QED) is 0.871. The Morgan fingerprint density at radius 1 is 1.55 bits per heavy atom. The predicted molar refractivity (Wildman–Crippen MR) is 83.7 cm³/mol. The van der Waals surface area contributed by atoms with Gasteiger partial charge in [-0.05, 0) is 47.3 Å². The molecule has 112 valence electrons. The molecule has 0 aromatic carbocycles. The summed E-state index contributed by atoms with van der Waals surface area (Å²) in [5.74, 6) is -0.0243. The van der Waals surface area contributed by atoms with Crippen LogP contribution < -0.4 is 4.72 Å². The first-order valence-corrected chi connectivity index (χ1v) is 9.79. The third kappa shape index (κ3) is 4.03. The van der Waals surface area contributed by atoms with Crippen molar-refractivity contribution in [2.45, 2.75) is 25.8 Å². The molecule has 1 aromatic rings. The second-order valence-electron chi connectivity index (χ2n) is 5.05. The van der Waals surface area contributed by atoms with Crippen LogP contribution in [0.5, 0.6) is 0 Å². The highest BCUT2D eigenvalue weighted by Gasteiger charge is 2.27. The molecule has 1 N–H and O–H groups in total. The second-order valence-corrected chi connectivity index (χ2v) is 9.20. The summed E-state index contributed by atoms with van der Waals surface area (Å²) in [6, 6.07) is 1.68. The van der Waals surface area contributed by atoms with Crippen LogP contribution in [0.4, 0.5) is 0 Å². The molecule has 0 saturated carbocycles. The number of amides is 1. The van der Waals surface area contributed by atoms with Crippen LogP contribution in [0.2, 0.25) is 0 Å². The molecule has 1 saturated heterocycles. The van der Waals surface area contributed by atoms with Gasteiger partial charge >= 0.3 is 0 Å². The van der Waals surface area contributed by atoms with E-state index in [0.29, 0.717) is 18.0 Å². The van der Waals surface area contributed by atoms with Gasteiger partial charge in [-0.3, -0.25) is 4.79 Å². The number of likely N-dealkylation sites (tertiary alicyclic amines) is 1. The molecule has 2 rings (SSSR count). The van der Waals surface area contributed by atoms with Crippen molar-refractivity contribution in [3.8, 4) is 0 Å². The summed E-state index contributed by atoms with van der Waals surface area (Å²) in [4.78, 5) is 14.8. The molecule has 1 amide bonds. The Morgan fingerprint density at radius 2 is 2.25 bits per heavy atom. The zero-order valence-electron chi connectivity index (χ0n) is 11.3. The Hall–Kier alpha value is -0.440. The van der Waals surface area contributed by atoms with Crippen molar-refractivity contribution in [2.75, 3.05) is 19.3 Å². The standard InChI is InChI=1S/C12H17BrN2O3S2/c1-8-6-10(19-11(8)13)12(16)15-5-3-4-9(7-15)14-20(2,17)18/h6,9,14H,3-5,7H2,1-2H3. The van der Waals surface area contributed by atoms with Crippen LogP contribution in [0.15, 0.2) is 9.85 Å². The minimum atomic E-state index is -3.23. The Kier molecular flexibility index (Phi) is 4.88. The summed E-state index contributed by atoms with van der Waals surface area (Å²) in [5, 5.41) is 0. The summed E-state index contributed by atoms with van der Waals surface area (Å²) < 4.78 is 26.1. The molecule has 8 heteroatoms. The van der Waals surface area contributed by atoms with Gasteiger partial charge in [0.25, 0.3) is 5.91 Å². The van der Waals surface area contributed by atoms with E-state index >= 15 is 0 Å². The van der Waals surface area contributed by atoms with Crippen LogP contribution >= 0.6 is 27.3 Å². The SMILES string of the molecule is Cc1cc(C(=O)N2CCCC(NS(C)(=O)=O)C2)sc1Br. The van der Waals surface area contributed by atoms with Crippen LogP contribution in [0.25, 0.3) is 0 Å². The predicted octanol–water partition coefficient (Wildman–Crippen LogP) is 1.97. The highest BCUT2D eigenvalue weighted by atomic mass is 79.9. The van der Waals surface area contributed by atoms with Gasteiger partial charge in [0.1, 0.15) is 0 Å². The summed E-state index contributed by atoms with van der Waals surface area (Å²) in [7, 11) is -3.23. The van der Waals surface area contributed by atoms with E-state index in [-0.39, 0.29) is 11.9 Å². The molecule has 20 heavy (non-hydrogen) atoms. The lowest BCUT2D eigenvalue weighted by atomic mass is 10.1. The smallest absolute Gasteiger partial charge is 0.264 e. The van der Waals surface area contributed by atoms with E-state index in [4.69, 9.17) is 0 Å². The number of aryl methyl sites for hydroxylation is 1. The molecule has 1 aliphatic heterocycles. The van der Waals surface area contributed by atoms with E-state index in [1.54, 1.807) is 4.90 Å². The minimum absolute atomic E-state index is 0.0243. The van der Waals surface area contributed by atoms with Gasteiger partial charge in [0.2, 0.25) is 10.0 Å². The van der Waals surface area contributed by atoms with Crippen molar-refractivity contribution in [1.82, 2.24) is 9.62 Å². The highest BCUT2D eigenvalue weighted by molar-refractivity contribution is 9.11. The number of piperidine rings is 1. The van der Waals surface area contributed by atoms with Gasteiger partial charge in [-0.2, -0.15) is 0 Å². The topological polar surface area (TPSA) is 66.5 Å². The van der Waals surface area contributed by atoms with Crippen molar-refractivity contribution >= 4 is 43.2 Å². The third-order valence-electron chi connectivity index (χ3n) is 3.16. The van der Waals surface area contributed by atoms with Crippen LogP contribution in [-0.4, -0.2) is 44.6 Å². The number of hydrogen-bond donors (Lipinski definition) is 1. The molecule has 0 bridgehead atoms. The number of nitrogens with one attached hydrogen (secondary N) is 1. The van der Waals surface area contributed by atoms with E-state index in [2.05, 4.69) is 20.7 Å². The first-order chi connectivity index (χ1) is 9.26. The Bertz CT molecular complexity index is 593. The molecule has 1 unspecified atom stereocenters. The fourth-order valence-corrected chi connectivity index (χ4v) is 4.58. The van der Waals surface area contributed by atoms with Gasteiger partial charge in [0.05, 0.1) is 14.9 Å². The lowest BCUT2D eigenvalue weighted by Crippen LogP contribution is -2.49. The number of sulfonamides is 1. The van der Waals surface area contributed by atoms with E-state index in [1.807, 2.05) is 13.0 Å². The number of carbonyl (C=O) groups is 1. The van der Waals surface area contributed by atoms with Gasteiger partial charge < -0.3 is 4.90 Å². The number of carbonyl (C=O) groups excluding carboxylic acids is 1. The van der Waals surface area contributed by atoms with E-state index in [1.165, 1.54) is 11.3 Å². The summed E-state index contributed by atoms with van der Waals surface area (Å²) in [6.07, 6.45) is 2.72. The molecule has 0 spiro atoms. The van der Waals surface area contributed by atoms with Crippen LogP contribution in [-0.2, 0) is 10.0 Å². The van der Waals surface area contributed by atoms with Crippen LogP contribution in [0.1, 0.15) is 28.1 Å². The van der Waals surface area contributed by atoms with Gasteiger partial charge in [-0.25, -0.2) is 13.1 Å². The minimum Gasteiger partial charge on any atom is -0.336 e. The highest BCUT2D eigenvalue weighted by Crippen LogP contribution is 2.28. The molecule has 1 atom stereocenters. The molecule has 1 fully saturated rings. The summed E-state index contributed by atoms with van der Waals surface area (Å²) in [6.45, 7) is 3.05. The number of nitrogens with zero attached hydrogens (tertiary/aromatic N) is 1. The van der Waals surface area contributed by atoms with Crippen molar-refractivity contribution < 1.29 is 13.2 Å². The molecule has 5 nitrogen and oxygen atoms in total. The van der Waals surface area contributed by atoms with Gasteiger partial charge in [0, 0.05) is 19.1 Å². The molecular weight excluding hydrogens is 364 g/mol. The Labute approximate surface area is 131 Å². The van der Waals surface area contributed by atoms with Gasteiger partial charge in [-0.15, -0.1) is 11.3 Å². The number of halogens is 1. The first-order valence-electron chi connectivity index (χ1n) is 6.29. The first kappa shape index (κ1) is 15.9. The molecule has 1 aromatic heterocycles. The van der Waals surface area contributed by atoms with E-state index < -0.39 is 10.0 Å². The lowest BCUT2D eigenvalue weighted by Gasteiger charge is -2.32. The van der Waals surface area contributed by atoms with Gasteiger partial charge in [0.15, 0.2) is 0 Å². The normalized spacial score (nSPS) is 20.1. The van der Waals surface area contributed by atoms with Crippen LogP contribution in [0.3, 0.4) is 0 Å². The largest absolute Gasteiger partial charge is 0.336 e. The van der Waals surface area contributed by atoms with E-state index in [9.17, 15) is 13.2 Å².